The number of hydrogen-bond acceptors (Lipinski definition) is 4. The van der Waals surface area contributed by atoms with Crippen LogP contribution >= 0.6 is 11.6 Å². The molecule has 3 aromatic rings. The van der Waals surface area contributed by atoms with E-state index in [2.05, 4.69) is 5.32 Å². The number of nitrogens with zero attached hydrogens (tertiary/aromatic N) is 1. The number of nitrogens with one attached hydrogen (secondary N) is 1. The number of carbonyl (C=O) groups is 1. The van der Waals surface area contributed by atoms with Crippen LogP contribution in [0.25, 0.3) is 0 Å². The average Bonchev–Trinajstić information content (AvgIpc) is 2.75. The predicted molar refractivity (Wildman–Crippen MR) is 124 cm³/mol. The second kappa shape index (κ2) is 9.41. The normalized spacial score (nSPS) is 11.1. The van der Waals surface area contributed by atoms with Crippen LogP contribution in [0, 0.1) is 13.8 Å². The zero-order valence-electron chi connectivity index (χ0n) is 17.4. The molecule has 0 saturated carbocycles. The van der Waals surface area contributed by atoms with E-state index in [0.29, 0.717) is 22.1 Å². The van der Waals surface area contributed by atoms with Crippen LogP contribution in [0.4, 0.5) is 11.4 Å². The van der Waals surface area contributed by atoms with Crippen molar-refractivity contribution in [2.45, 2.75) is 18.7 Å². The molecule has 0 aromatic heterocycles. The lowest BCUT2D eigenvalue weighted by Crippen LogP contribution is -2.38. The molecule has 1 N–H and O–H groups in total. The second-order valence-electron chi connectivity index (χ2n) is 6.96. The number of rotatable bonds is 7. The quantitative estimate of drug-likeness (QED) is 0.551. The van der Waals surface area contributed by atoms with Crippen molar-refractivity contribution in [2.75, 3.05) is 23.3 Å². The number of sulfonamides is 1. The molecular weight excluding hydrogens is 436 g/mol. The highest BCUT2D eigenvalue weighted by Gasteiger charge is 2.27. The molecule has 1 amide bonds. The number of methoxy groups -OCH3 is 1. The molecule has 0 aliphatic heterocycles. The molecule has 3 aromatic carbocycles. The molecule has 0 fully saturated rings. The third kappa shape index (κ3) is 5.18. The summed E-state index contributed by atoms with van der Waals surface area (Å²) in [6.07, 6.45) is 0. The molecule has 0 unspecified atom stereocenters. The van der Waals surface area contributed by atoms with Crippen molar-refractivity contribution in [3.05, 3.63) is 82.9 Å². The third-order valence-electron chi connectivity index (χ3n) is 4.91. The zero-order valence-corrected chi connectivity index (χ0v) is 19.0. The van der Waals surface area contributed by atoms with Gasteiger partial charge in [0.05, 0.1) is 17.7 Å². The molecule has 0 bridgehead atoms. The molecule has 0 aliphatic rings. The van der Waals surface area contributed by atoms with Gasteiger partial charge in [-0.2, -0.15) is 0 Å². The lowest BCUT2D eigenvalue weighted by Gasteiger charge is -2.24. The van der Waals surface area contributed by atoms with Gasteiger partial charge >= 0.3 is 0 Å². The highest BCUT2D eigenvalue weighted by molar-refractivity contribution is 7.92. The first-order chi connectivity index (χ1) is 14.7. The Kier molecular flexibility index (Phi) is 6.87. The van der Waals surface area contributed by atoms with Crippen LogP contribution in [-0.2, 0) is 14.8 Å². The maximum atomic E-state index is 13.4. The standard InChI is InChI=1S/C23H23ClN2O4S/c1-16-6-4-9-22(17(16)2)25-23(27)15-26(19-8-5-7-18(24)14-19)31(28,29)21-12-10-20(30-3)11-13-21/h4-14H,15H2,1-3H3,(H,25,27). The van der Waals surface area contributed by atoms with Gasteiger partial charge in [-0.3, -0.25) is 9.10 Å². The number of amides is 1. The number of carbonyl (C=O) groups excluding carboxylic acids is 1. The van der Waals surface area contributed by atoms with Gasteiger partial charge in [-0.25, -0.2) is 8.42 Å². The molecule has 0 heterocycles. The summed E-state index contributed by atoms with van der Waals surface area (Å²) in [5.41, 5.74) is 2.87. The summed E-state index contributed by atoms with van der Waals surface area (Å²) in [4.78, 5) is 12.9. The van der Waals surface area contributed by atoms with Crippen molar-refractivity contribution in [1.29, 1.82) is 0 Å². The fourth-order valence-corrected chi connectivity index (χ4v) is 4.63. The van der Waals surface area contributed by atoms with Gasteiger partial charge in [0.25, 0.3) is 10.0 Å². The minimum absolute atomic E-state index is 0.0350. The first kappa shape index (κ1) is 22.7. The Bertz CT molecular complexity index is 1190. The number of halogens is 1. The van der Waals surface area contributed by atoms with Crippen molar-refractivity contribution in [3.8, 4) is 5.75 Å². The summed E-state index contributed by atoms with van der Waals surface area (Å²) >= 11 is 6.09. The van der Waals surface area contributed by atoms with Crippen LogP contribution in [0.15, 0.2) is 71.6 Å². The predicted octanol–water partition coefficient (Wildman–Crippen LogP) is 4.80. The Hall–Kier alpha value is -3.03. The van der Waals surface area contributed by atoms with E-state index < -0.39 is 22.5 Å². The summed E-state index contributed by atoms with van der Waals surface area (Å²) in [5, 5.41) is 3.17. The van der Waals surface area contributed by atoms with Gasteiger partial charge in [-0.15, -0.1) is 0 Å². The van der Waals surface area contributed by atoms with Gasteiger partial charge in [0.15, 0.2) is 0 Å². The van der Waals surface area contributed by atoms with Crippen LogP contribution in [0.1, 0.15) is 11.1 Å². The van der Waals surface area contributed by atoms with Gasteiger partial charge in [-0.05, 0) is 73.5 Å². The van der Waals surface area contributed by atoms with E-state index >= 15 is 0 Å². The van der Waals surface area contributed by atoms with Crippen molar-refractivity contribution in [1.82, 2.24) is 0 Å². The SMILES string of the molecule is COc1ccc(S(=O)(=O)N(CC(=O)Nc2cccc(C)c2C)c2cccc(Cl)c2)cc1. The average molecular weight is 459 g/mol. The second-order valence-corrected chi connectivity index (χ2v) is 9.26. The van der Waals surface area contributed by atoms with Crippen LogP contribution < -0.4 is 14.4 Å². The molecule has 6 nitrogen and oxygen atoms in total. The number of anilines is 2. The lowest BCUT2D eigenvalue weighted by atomic mass is 10.1. The zero-order chi connectivity index (χ0) is 22.6. The van der Waals surface area contributed by atoms with Gasteiger partial charge in [0, 0.05) is 10.7 Å². The van der Waals surface area contributed by atoms with Crippen molar-refractivity contribution in [2.24, 2.45) is 0 Å². The van der Waals surface area contributed by atoms with Crippen molar-refractivity contribution < 1.29 is 17.9 Å². The van der Waals surface area contributed by atoms with E-state index in [-0.39, 0.29) is 4.90 Å². The molecule has 8 heteroatoms. The highest BCUT2D eigenvalue weighted by Crippen LogP contribution is 2.27. The molecule has 0 saturated heterocycles. The molecule has 0 spiro atoms. The molecule has 0 aliphatic carbocycles. The van der Waals surface area contributed by atoms with Crippen LogP contribution in [0.2, 0.25) is 5.02 Å². The number of aryl methyl sites for hydroxylation is 1. The Morgan fingerprint density at radius 3 is 2.35 bits per heavy atom. The maximum absolute atomic E-state index is 13.4. The molecule has 162 valence electrons. The van der Waals surface area contributed by atoms with Gasteiger partial charge in [0.2, 0.25) is 5.91 Å². The van der Waals surface area contributed by atoms with E-state index in [1.165, 1.54) is 25.3 Å². The summed E-state index contributed by atoms with van der Waals surface area (Å²) in [6, 6.07) is 17.9. The van der Waals surface area contributed by atoms with Crippen molar-refractivity contribution in [3.63, 3.8) is 0 Å². The molecule has 0 atom stereocenters. The lowest BCUT2D eigenvalue weighted by molar-refractivity contribution is -0.114. The minimum atomic E-state index is -4.04. The number of hydrogen-bond donors (Lipinski definition) is 1. The summed E-state index contributed by atoms with van der Waals surface area (Å²) < 4.78 is 33.0. The Morgan fingerprint density at radius 1 is 1.03 bits per heavy atom. The highest BCUT2D eigenvalue weighted by atomic mass is 35.5. The fourth-order valence-electron chi connectivity index (χ4n) is 3.03. The smallest absolute Gasteiger partial charge is 0.264 e. The minimum Gasteiger partial charge on any atom is -0.497 e. The summed E-state index contributed by atoms with van der Waals surface area (Å²) in [5.74, 6) is 0.0617. The summed E-state index contributed by atoms with van der Waals surface area (Å²) in [6.45, 7) is 3.42. The van der Waals surface area contributed by atoms with E-state index in [9.17, 15) is 13.2 Å². The topological polar surface area (TPSA) is 75.7 Å². The largest absolute Gasteiger partial charge is 0.497 e. The van der Waals surface area contributed by atoms with Crippen molar-refractivity contribution >= 4 is 38.9 Å². The van der Waals surface area contributed by atoms with Gasteiger partial charge < -0.3 is 10.1 Å². The molecule has 3 rings (SSSR count). The fraction of sp³-hybridized carbons (Fsp3) is 0.174. The Morgan fingerprint density at radius 2 is 1.71 bits per heavy atom. The maximum Gasteiger partial charge on any atom is 0.264 e. The first-order valence-electron chi connectivity index (χ1n) is 9.51. The van der Waals surface area contributed by atoms with E-state index in [1.54, 1.807) is 36.4 Å². The first-order valence-corrected chi connectivity index (χ1v) is 11.3. The number of ether oxygens (including phenoxy) is 1. The van der Waals surface area contributed by atoms with Crippen LogP contribution in [0.5, 0.6) is 5.75 Å². The Labute approximate surface area is 187 Å². The third-order valence-corrected chi connectivity index (χ3v) is 6.93. The van der Waals surface area contributed by atoms with E-state index in [4.69, 9.17) is 16.3 Å². The van der Waals surface area contributed by atoms with Gasteiger partial charge in [0.1, 0.15) is 12.3 Å². The van der Waals surface area contributed by atoms with Crippen LogP contribution in [0.3, 0.4) is 0 Å². The van der Waals surface area contributed by atoms with E-state index in [0.717, 1.165) is 15.4 Å². The molecule has 31 heavy (non-hydrogen) atoms. The monoisotopic (exact) mass is 458 g/mol. The van der Waals surface area contributed by atoms with Crippen LogP contribution in [-0.4, -0.2) is 28.0 Å². The van der Waals surface area contributed by atoms with E-state index in [1.807, 2.05) is 26.0 Å². The molecule has 0 radical (unpaired) electrons. The summed E-state index contributed by atoms with van der Waals surface area (Å²) in [7, 11) is -2.54. The molecular formula is C23H23ClN2O4S. The van der Waals surface area contributed by atoms with Gasteiger partial charge in [-0.1, -0.05) is 29.8 Å². The number of benzene rings is 3. The Balaban J connectivity index is 1.96.